The lowest BCUT2D eigenvalue weighted by atomic mass is 10.2. The number of hydrogen-bond donors (Lipinski definition) is 1. The summed E-state index contributed by atoms with van der Waals surface area (Å²) < 4.78 is 5.42. The Hall–Kier alpha value is -1.95. The fourth-order valence-corrected chi connectivity index (χ4v) is 1.03. The largest absolute Gasteiger partial charge is 0.492 e. The summed E-state index contributed by atoms with van der Waals surface area (Å²) in [5.41, 5.74) is 0.605. The van der Waals surface area contributed by atoms with Gasteiger partial charge >= 0.3 is 5.97 Å². The average molecular weight is 204 g/mol. The second-order valence-electron chi connectivity index (χ2n) is 2.90. The zero-order chi connectivity index (χ0) is 11.1. The molecule has 1 aromatic carbocycles. The van der Waals surface area contributed by atoms with Crippen LogP contribution in [0, 0.1) is 11.8 Å². The Bertz CT molecular complexity index is 399. The van der Waals surface area contributed by atoms with Gasteiger partial charge in [0.15, 0.2) is 0 Å². The summed E-state index contributed by atoms with van der Waals surface area (Å²) in [5, 5.41) is 8.43. The van der Waals surface area contributed by atoms with E-state index < -0.39 is 5.97 Å². The molecular weight excluding hydrogens is 192 g/mol. The summed E-state index contributed by atoms with van der Waals surface area (Å²) in [7, 11) is 0. The number of ether oxygens (including phenoxy) is 1. The van der Waals surface area contributed by atoms with Crippen molar-refractivity contribution in [2.24, 2.45) is 0 Å². The topological polar surface area (TPSA) is 46.5 Å². The Kier molecular flexibility index (Phi) is 4.24. The second kappa shape index (κ2) is 5.71. The molecule has 0 heterocycles. The minimum atomic E-state index is -1.14. The van der Waals surface area contributed by atoms with E-state index in [1.807, 2.05) is 13.0 Å². The lowest BCUT2D eigenvalue weighted by Gasteiger charge is -2.05. The number of carboxylic acids is 1. The van der Waals surface area contributed by atoms with Crippen LogP contribution in [0.25, 0.3) is 0 Å². The molecule has 0 amide bonds. The molecule has 0 unspecified atom stereocenters. The van der Waals surface area contributed by atoms with Crippen LogP contribution in [0.2, 0.25) is 0 Å². The fraction of sp³-hybridized carbons (Fsp3) is 0.250. The van der Waals surface area contributed by atoms with Crippen molar-refractivity contribution in [1.29, 1.82) is 0 Å². The standard InChI is InChI=1S/C12H12O3/c1-2-9-15-11-6-4-3-5-10(11)7-8-12(13)14/h3-6H,2,9H2,1H3,(H,13,14). The number of aliphatic carboxylic acids is 1. The van der Waals surface area contributed by atoms with Gasteiger partial charge in [0.25, 0.3) is 0 Å². The molecule has 78 valence electrons. The van der Waals surface area contributed by atoms with Crippen molar-refractivity contribution in [3.63, 3.8) is 0 Å². The molecule has 3 heteroatoms. The van der Waals surface area contributed by atoms with Crippen LogP contribution in [0.4, 0.5) is 0 Å². The second-order valence-corrected chi connectivity index (χ2v) is 2.90. The number of hydrogen-bond acceptors (Lipinski definition) is 2. The first-order chi connectivity index (χ1) is 7.24. The van der Waals surface area contributed by atoms with E-state index in [2.05, 4.69) is 11.8 Å². The predicted molar refractivity (Wildman–Crippen MR) is 56.7 cm³/mol. The first-order valence-corrected chi connectivity index (χ1v) is 4.70. The molecule has 0 atom stereocenters. The highest BCUT2D eigenvalue weighted by atomic mass is 16.5. The highest BCUT2D eigenvalue weighted by Gasteiger charge is 1.99. The van der Waals surface area contributed by atoms with Crippen LogP contribution in [0.15, 0.2) is 24.3 Å². The van der Waals surface area contributed by atoms with E-state index in [-0.39, 0.29) is 0 Å². The van der Waals surface area contributed by atoms with Crippen molar-refractivity contribution in [1.82, 2.24) is 0 Å². The Morgan fingerprint density at radius 1 is 1.47 bits per heavy atom. The molecule has 1 aromatic rings. The summed E-state index contributed by atoms with van der Waals surface area (Å²) in [6.07, 6.45) is 0.903. The van der Waals surface area contributed by atoms with Crippen molar-refractivity contribution in [3.8, 4) is 17.6 Å². The number of rotatable bonds is 3. The zero-order valence-corrected chi connectivity index (χ0v) is 8.49. The maximum Gasteiger partial charge on any atom is 0.382 e. The van der Waals surface area contributed by atoms with Gasteiger partial charge in [-0.05, 0) is 18.6 Å². The third-order valence-corrected chi connectivity index (χ3v) is 1.65. The van der Waals surface area contributed by atoms with E-state index in [1.54, 1.807) is 18.2 Å². The number of carboxylic acid groups (broad SMARTS) is 1. The van der Waals surface area contributed by atoms with Crippen LogP contribution in [0.3, 0.4) is 0 Å². The molecule has 0 fully saturated rings. The van der Waals surface area contributed by atoms with E-state index >= 15 is 0 Å². The Morgan fingerprint density at radius 2 is 2.20 bits per heavy atom. The molecule has 0 aliphatic carbocycles. The van der Waals surface area contributed by atoms with E-state index in [0.717, 1.165) is 6.42 Å². The summed E-state index contributed by atoms with van der Waals surface area (Å²) in [6, 6.07) is 7.14. The van der Waals surface area contributed by atoms with Gasteiger partial charge in [-0.3, -0.25) is 0 Å². The molecule has 0 spiro atoms. The summed E-state index contributed by atoms with van der Waals surface area (Å²) in [5.74, 6) is 4.11. The first kappa shape index (κ1) is 11.1. The fourth-order valence-electron chi connectivity index (χ4n) is 1.03. The van der Waals surface area contributed by atoms with E-state index in [1.165, 1.54) is 0 Å². The van der Waals surface area contributed by atoms with Gasteiger partial charge in [0, 0.05) is 5.92 Å². The van der Waals surface area contributed by atoms with Gasteiger partial charge in [-0.1, -0.05) is 25.0 Å². The molecule has 15 heavy (non-hydrogen) atoms. The van der Waals surface area contributed by atoms with Gasteiger partial charge < -0.3 is 9.84 Å². The van der Waals surface area contributed by atoms with Gasteiger partial charge in [-0.2, -0.15) is 0 Å². The van der Waals surface area contributed by atoms with E-state index in [9.17, 15) is 4.79 Å². The van der Waals surface area contributed by atoms with Crippen LogP contribution in [0.1, 0.15) is 18.9 Å². The third kappa shape index (κ3) is 3.74. The molecule has 0 aliphatic rings. The molecule has 3 nitrogen and oxygen atoms in total. The smallest absolute Gasteiger partial charge is 0.382 e. The number of benzene rings is 1. The zero-order valence-electron chi connectivity index (χ0n) is 8.49. The van der Waals surface area contributed by atoms with Crippen molar-refractivity contribution in [2.75, 3.05) is 6.61 Å². The molecule has 0 aromatic heterocycles. The molecule has 1 N–H and O–H groups in total. The normalized spacial score (nSPS) is 8.87. The Morgan fingerprint density at radius 3 is 2.87 bits per heavy atom. The molecule has 1 rings (SSSR count). The van der Waals surface area contributed by atoms with Crippen molar-refractivity contribution in [3.05, 3.63) is 29.8 Å². The van der Waals surface area contributed by atoms with Crippen LogP contribution in [0.5, 0.6) is 5.75 Å². The summed E-state index contributed by atoms with van der Waals surface area (Å²) in [6.45, 7) is 2.61. The van der Waals surface area contributed by atoms with Gasteiger partial charge in [0.1, 0.15) is 5.75 Å². The monoisotopic (exact) mass is 204 g/mol. The van der Waals surface area contributed by atoms with E-state index in [4.69, 9.17) is 9.84 Å². The molecular formula is C12H12O3. The quantitative estimate of drug-likeness (QED) is 0.765. The molecule has 0 bridgehead atoms. The lowest BCUT2D eigenvalue weighted by molar-refractivity contribution is -0.130. The van der Waals surface area contributed by atoms with Crippen LogP contribution >= 0.6 is 0 Å². The molecule has 0 saturated carbocycles. The Labute approximate surface area is 88.7 Å². The molecule has 0 aliphatic heterocycles. The van der Waals surface area contributed by atoms with Crippen LogP contribution in [-0.2, 0) is 4.79 Å². The van der Waals surface area contributed by atoms with E-state index in [0.29, 0.717) is 17.9 Å². The third-order valence-electron chi connectivity index (χ3n) is 1.65. The lowest BCUT2D eigenvalue weighted by Crippen LogP contribution is -1.97. The maximum atomic E-state index is 10.3. The van der Waals surface area contributed by atoms with Gasteiger partial charge in [-0.15, -0.1) is 0 Å². The minimum absolute atomic E-state index is 0.603. The highest BCUT2D eigenvalue weighted by molar-refractivity contribution is 5.87. The highest BCUT2D eigenvalue weighted by Crippen LogP contribution is 2.16. The van der Waals surface area contributed by atoms with Crippen LogP contribution < -0.4 is 4.74 Å². The number of para-hydroxylation sites is 1. The summed E-state index contributed by atoms with van der Waals surface area (Å²) in [4.78, 5) is 10.3. The van der Waals surface area contributed by atoms with Crippen molar-refractivity contribution < 1.29 is 14.6 Å². The maximum absolute atomic E-state index is 10.3. The molecule has 0 saturated heterocycles. The van der Waals surface area contributed by atoms with Gasteiger partial charge in [-0.25, -0.2) is 4.79 Å². The Balaban J connectivity index is 2.87. The van der Waals surface area contributed by atoms with Crippen molar-refractivity contribution >= 4 is 5.97 Å². The number of carbonyl (C=O) groups is 1. The molecule has 0 radical (unpaired) electrons. The minimum Gasteiger partial charge on any atom is -0.492 e. The van der Waals surface area contributed by atoms with Gasteiger partial charge in [0.2, 0.25) is 0 Å². The first-order valence-electron chi connectivity index (χ1n) is 4.70. The van der Waals surface area contributed by atoms with Gasteiger partial charge in [0.05, 0.1) is 12.2 Å². The van der Waals surface area contributed by atoms with Crippen molar-refractivity contribution in [2.45, 2.75) is 13.3 Å². The predicted octanol–water partition coefficient (Wildman–Crippen LogP) is 1.91. The van der Waals surface area contributed by atoms with Crippen LogP contribution in [-0.4, -0.2) is 17.7 Å². The SMILES string of the molecule is CCCOc1ccccc1C#CC(=O)O. The summed E-state index contributed by atoms with van der Waals surface area (Å²) >= 11 is 0. The average Bonchev–Trinajstić information content (AvgIpc) is 2.24.